The van der Waals surface area contributed by atoms with Crippen molar-refractivity contribution in [2.45, 2.75) is 11.4 Å². The van der Waals surface area contributed by atoms with Gasteiger partial charge in [0.2, 0.25) is 0 Å². The van der Waals surface area contributed by atoms with Crippen molar-refractivity contribution in [2.24, 2.45) is 0 Å². The van der Waals surface area contributed by atoms with Gasteiger partial charge < -0.3 is 0 Å². The number of pyridine rings is 1. The molecule has 0 bridgehead atoms. The molecule has 0 aliphatic carbocycles. The highest BCUT2D eigenvalue weighted by atomic mass is 127. The summed E-state index contributed by atoms with van der Waals surface area (Å²) >= 11 is 2.33. The summed E-state index contributed by atoms with van der Waals surface area (Å²) in [6, 6.07) is 2.15. The number of hydrogen-bond donors (Lipinski definition) is 0. The molecule has 0 N–H and O–H groups in total. The van der Waals surface area contributed by atoms with Crippen LogP contribution in [0.4, 0.5) is 0 Å². The molecule has 0 aromatic carbocycles. The topological polar surface area (TPSA) is 12.9 Å². The van der Waals surface area contributed by atoms with Crippen LogP contribution in [-0.4, -0.2) is 4.98 Å². The Morgan fingerprint density at radius 3 is 2.78 bits per heavy atom. The third-order valence-corrected chi connectivity index (χ3v) is 1.97. The van der Waals surface area contributed by atoms with Gasteiger partial charge in [-0.3, -0.25) is 4.98 Å². The number of nitrogens with zero attached hydrogens (tertiary/aromatic N) is 1. The Hall–Kier alpha value is -0.120. The molecule has 0 unspecified atom stereocenters. The zero-order valence-electron chi connectivity index (χ0n) is 5.26. The van der Waals surface area contributed by atoms with Gasteiger partial charge in [0.15, 0.2) is 0 Å². The second kappa shape index (κ2) is 3.15. The lowest BCUT2D eigenvalue weighted by Crippen LogP contribution is -1.80. The average Bonchev–Trinajstić information content (AvgIpc) is 1.88. The summed E-state index contributed by atoms with van der Waals surface area (Å²) in [7, 11) is 0. The van der Waals surface area contributed by atoms with E-state index >= 15 is 0 Å². The Kier molecular flexibility index (Phi) is 2.45. The molecule has 0 amide bonds. The van der Waals surface area contributed by atoms with Crippen molar-refractivity contribution >= 4 is 22.6 Å². The van der Waals surface area contributed by atoms with E-state index in [-0.39, 0.29) is 0 Å². The van der Waals surface area contributed by atoms with Crippen LogP contribution in [0.25, 0.3) is 0 Å². The molecule has 0 saturated carbocycles. The third-order valence-electron chi connectivity index (χ3n) is 1.09. The first-order chi connectivity index (χ1) is 4.33. The molecule has 1 heterocycles. The smallest absolute Gasteiger partial charge is 0.0307 e. The second-order valence-corrected chi connectivity index (χ2v) is 2.77. The highest BCUT2D eigenvalue weighted by molar-refractivity contribution is 14.1. The molecule has 1 rings (SSSR count). The highest BCUT2D eigenvalue weighted by Gasteiger charge is 1.88. The SMILES string of the molecule is Cc1cncc(CI)c1. The molecule has 1 aromatic rings. The lowest BCUT2D eigenvalue weighted by Gasteiger charge is -1.93. The van der Waals surface area contributed by atoms with E-state index in [0.29, 0.717) is 0 Å². The van der Waals surface area contributed by atoms with Gasteiger partial charge in [0, 0.05) is 16.8 Å². The van der Waals surface area contributed by atoms with E-state index in [9.17, 15) is 0 Å². The van der Waals surface area contributed by atoms with E-state index in [1.165, 1.54) is 11.1 Å². The summed E-state index contributed by atoms with van der Waals surface area (Å²) in [5.41, 5.74) is 2.54. The Balaban J connectivity index is 2.94. The minimum absolute atomic E-state index is 1.05. The van der Waals surface area contributed by atoms with E-state index in [1.807, 2.05) is 12.4 Å². The Morgan fingerprint density at radius 2 is 2.33 bits per heavy atom. The van der Waals surface area contributed by atoms with Crippen molar-refractivity contribution in [3.8, 4) is 0 Å². The monoisotopic (exact) mass is 233 g/mol. The third kappa shape index (κ3) is 1.93. The minimum atomic E-state index is 1.05. The summed E-state index contributed by atoms with van der Waals surface area (Å²) in [6.45, 7) is 2.06. The minimum Gasteiger partial charge on any atom is -0.264 e. The van der Waals surface area contributed by atoms with E-state index in [4.69, 9.17) is 0 Å². The second-order valence-electron chi connectivity index (χ2n) is 2.00. The molecular formula is C7H8IN. The average molecular weight is 233 g/mol. The fourth-order valence-electron chi connectivity index (χ4n) is 0.691. The van der Waals surface area contributed by atoms with E-state index in [0.717, 1.165) is 4.43 Å². The molecule has 0 fully saturated rings. The van der Waals surface area contributed by atoms with Crippen LogP contribution in [-0.2, 0) is 4.43 Å². The van der Waals surface area contributed by atoms with Gasteiger partial charge in [-0.2, -0.15) is 0 Å². The molecule has 0 radical (unpaired) electrons. The maximum atomic E-state index is 4.05. The predicted molar refractivity (Wildman–Crippen MR) is 46.7 cm³/mol. The van der Waals surface area contributed by atoms with Crippen molar-refractivity contribution in [3.63, 3.8) is 0 Å². The van der Waals surface area contributed by atoms with E-state index in [2.05, 4.69) is 40.6 Å². The normalized spacial score (nSPS) is 9.56. The van der Waals surface area contributed by atoms with E-state index in [1.54, 1.807) is 0 Å². The maximum Gasteiger partial charge on any atom is 0.0307 e. The standard InChI is InChI=1S/C7H8IN/c1-6-2-7(3-8)5-9-4-6/h2,4-5H,3H2,1H3. The number of alkyl halides is 1. The van der Waals surface area contributed by atoms with Crippen molar-refractivity contribution in [3.05, 3.63) is 29.6 Å². The van der Waals surface area contributed by atoms with Gasteiger partial charge in [0.05, 0.1) is 0 Å². The number of hydrogen-bond acceptors (Lipinski definition) is 1. The fraction of sp³-hybridized carbons (Fsp3) is 0.286. The van der Waals surface area contributed by atoms with Crippen molar-refractivity contribution in [1.29, 1.82) is 0 Å². The summed E-state index contributed by atoms with van der Waals surface area (Å²) in [5, 5.41) is 0. The molecule has 9 heavy (non-hydrogen) atoms. The number of rotatable bonds is 1. The van der Waals surface area contributed by atoms with Gasteiger partial charge in [-0.15, -0.1) is 0 Å². The Bertz CT molecular complexity index is 198. The zero-order valence-corrected chi connectivity index (χ0v) is 7.42. The quantitative estimate of drug-likeness (QED) is 0.535. The molecule has 1 aromatic heterocycles. The number of aromatic nitrogens is 1. The van der Waals surface area contributed by atoms with Crippen LogP contribution < -0.4 is 0 Å². The molecule has 2 heteroatoms. The Labute approximate surface area is 68.6 Å². The summed E-state index contributed by atoms with van der Waals surface area (Å²) in [4.78, 5) is 4.05. The van der Waals surface area contributed by atoms with Crippen LogP contribution in [0.5, 0.6) is 0 Å². The first-order valence-electron chi connectivity index (χ1n) is 2.79. The summed E-state index contributed by atoms with van der Waals surface area (Å²) in [5.74, 6) is 0. The first kappa shape index (κ1) is 6.99. The fourth-order valence-corrected chi connectivity index (χ4v) is 1.11. The number of aryl methyl sites for hydroxylation is 1. The Morgan fingerprint density at radius 1 is 1.56 bits per heavy atom. The summed E-state index contributed by atoms with van der Waals surface area (Å²) in [6.07, 6.45) is 3.77. The molecule has 1 nitrogen and oxygen atoms in total. The van der Waals surface area contributed by atoms with Crippen LogP contribution in [0, 0.1) is 6.92 Å². The summed E-state index contributed by atoms with van der Waals surface area (Å²) < 4.78 is 1.05. The highest BCUT2D eigenvalue weighted by Crippen LogP contribution is 2.05. The van der Waals surface area contributed by atoms with Gasteiger partial charge in [0.25, 0.3) is 0 Å². The van der Waals surface area contributed by atoms with Crippen LogP contribution >= 0.6 is 22.6 Å². The maximum absolute atomic E-state index is 4.05. The van der Waals surface area contributed by atoms with Gasteiger partial charge in [-0.1, -0.05) is 28.7 Å². The first-order valence-corrected chi connectivity index (χ1v) is 4.32. The zero-order chi connectivity index (χ0) is 6.69. The number of halogens is 1. The van der Waals surface area contributed by atoms with E-state index < -0.39 is 0 Å². The molecule has 48 valence electrons. The van der Waals surface area contributed by atoms with Crippen molar-refractivity contribution < 1.29 is 0 Å². The molecule has 0 atom stereocenters. The van der Waals surface area contributed by atoms with Crippen molar-refractivity contribution in [1.82, 2.24) is 4.98 Å². The van der Waals surface area contributed by atoms with Crippen LogP contribution in [0.15, 0.2) is 18.5 Å². The lowest BCUT2D eigenvalue weighted by atomic mass is 10.2. The molecule has 0 spiro atoms. The molecule has 0 aliphatic rings. The van der Waals surface area contributed by atoms with Crippen molar-refractivity contribution in [2.75, 3.05) is 0 Å². The van der Waals surface area contributed by atoms with Gasteiger partial charge >= 0.3 is 0 Å². The van der Waals surface area contributed by atoms with Gasteiger partial charge in [0.1, 0.15) is 0 Å². The lowest BCUT2D eigenvalue weighted by molar-refractivity contribution is 1.22. The van der Waals surface area contributed by atoms with Crippen LogP contribution in [0.1, 0.15) is 11.1 Å². The molecule has 0 aliphatic heterocycles. The predicted octanol–water partition coefficient (Wildman–Crippen LogP) is 2.33. The van der Waals surface area contributed by atoms with Gasteiger partial charge in [-0.25, -0.2) is 0 Å². The van der Waals surface area contributed by atoms with Crippen LogP contribution in [0.3, 0.4) is 0 Å². The molecule has 0 saturated heterocycles. The molecular weight excluding hydrogens is 225 g/mol. The largest absolute Gasteiger partial charge is 0.264 e. The van der Waals surface area contributed by atoms with Crippen LogP contribution in [0.2, 0.25) is 0 Å². The van der Waals surface area contributed by atoms with Gasteiger partial charge in [-0.05, 0) is 18.1 Å².